The third-order valence-corrected chi connectivity index (χ3v) is 6.55. The molecule has 0 spiro atoms. The van der Waals surface area contributed by atoms with E-state index in [4.69, 9.17) is 10.8 Å². The molecule has 4 heteroatoms. The molecule has 0 radical (unpaired) electrons. The van der Waals surface area contributed by atoms with Crippen LogP contribution >= 0.6 is 0 Å². The van der Waals surface area contributed by atoms with Gasteiger partial charge in [0.2, 0.25) is 0 Å². The fourth-order valence-electron chi connectivity index (χ4n) is 5.02. The van der Waals surface area contributed by atoms with Crippen molar-refractivity contribution in [1.29, 1.82) is 0 Å². The van der Waals surface area contributed by atoms with Gasteiger partial charge in [0.05, 0.1) is 5.52 Å². The van der Waals surface area contributed by atoms with Gasteiger partial charge in [-0.05, 0) is 47.0 Å². The lowest BCUT2D eigenvalue weighted by atomic mass is 9.77. The second kappa shape index (κ2) is 8.58. The second-order valence-corrected chi connectivity index (χ2v) is 8.58. The van der Waals surface area contributed by atoms with E-state index in [0.29, 0.717) is 5.69 Å². The maximum atomic E-state index is 6.35. The summed E-state index contributed by atoms with van der Waals surface area (Å²) in [6, 6.07) is 41.7. The van der Waals surface area contributed by atoms with Crippen LogP contribution in [-0.4, -0.2) is 14.8 Å². The van der Waals surface area contributed by atoms with E-state index in [1.54, 1.807) is 12.4 Å². The Morgan fingerprint density at radius 1 is 0.600 bits per heavy atom. The van der Waals surface area contributed by atoms with Crippen molar-refractivity contribution in [1.82, 2.24) is 14.8 Å². The van der Waals surface area contributed by atoms with Crippen molar-refractivity contribution in [3.8, 4) is 11.3 Å². The largest absolute Gasteiger partial charge is 0.399 e. The highest BCUT2D eigenvalue weighted by atomic mass is 15.3. The Hall–Kier alpha value is -4.70. The maximum Gasteiger partial charge on any atom is 0.138 e. The highest BCUT2D eigenvalue weighted by molar-refractivity contribution is 5.95. The fraction of sp³-hybridized carbons (Fsp3) is 0.0323. The molecule has 4 aromatic carbocycles. The lowest BCUT2D eigenvalue weighted by Gasteiger charge is -2.37. The van der Waals surface area contributed by atoms with Crippen LogP contribution in [0.25, 0.3) is 22.2 Å². The summed E-state index contributed by atoms with van der Waals surface area (Å²) < 4.78 is 2.15. The van der Waals surface area contributed by atoms with E-state index in [2.05, 4.69) is 88.5 Å². The van der Waals surface area contributed by atoms with Gasteiger partial charge in [0.1, 0.15) is 11.2 Å². The summed E-state index contributed by atoms with van der Waals surface area (Å²) in [6.07, 6.45) is 3.60. The number of pyridine rings is 1. The van der Waals surface area contributed by atoms with E-state index in [0.717, 1.165) is 38.9 Å². The number of nitrogens with zero attached hydrogens (tertiary/aromatic N) is 3. The molecular formula is C31H24N4. The van der Waals surface area contributed by atoms with Gasteiger partial charge in [-0.2, -0.15) is 5.10 Å². The molecule has 0 unspecified atom stereocenters. The van der Waals surface area contributed by atoms with Crippen LogP contribution in [-0.2, 0) is 5.54 Å². The molecule has 35 heavy (non-hydrogen) atoms. The summed E-state index contributed by atoms with van der Waals surface area (Å²) in [5.41, 5.74) is 12.5. The van der Waals surface area contributed by atoms with Crippen LogP contribution in [0, 0.1) is 0 Å². The van der Waals surface area contributed by atoms with E-state index >= 15 is 0 Å². The average molecular weight is 453 g/mol. The summed E-state index contributed by atoms with van der Waals surface area (Å²) >= 11 is 0. The number of anilines is 1. The zero-order valence-electron chi connectivity index (χ0n) is 19.1. The predicted molar refractivity (Wildman–Crippen MR) is 142 cm³/mol. The van der Waals surface area contributed by atoms with E-state index in [1.165, 1.54) is 0 Å². The number of fused-ring (bicyclic) bond motifs is 1. The third-order valence-electron chi connectivity index (χ3n) is 6.55. The van der Waals surface area contributed by atoms with Gasteiger partial charge >= 0.3 is 0 Å². The zero-order valence-corrected chi connectivity index (χ0v) is 19.1. The molecule has 0 saturated heterocycles. The Balaban J connectivity index is 1.81. The zero-order chi connectivity index (χ0) is 23.7. The first-order chi connectivity index (χ1) is 17.3. The minimum Gasteiger partial charge on any atom is -0.399 e. The van der Waals surface area contributed by atoms with Gasteiger partial charge in [0, 0.05) is 29.0 Å². The Morgan fingerprint density at radius 3 is 1.63 bits per heavy atom. The first-order valence-corrected chi connectivity index (χ1v) is 11.6. The van der Waals surface area contributed by atoms with Crippen LogP contribution in [0.3, 0.4) is 0 Å². The molecule has 168 valence electrons. The first kappa shape index (κ1) is 20.9. The maximum absolute atomic E-state index is 6.35. The molecule has 2 aromatic heterocycles. The van der Waals surface area contributed by atoms with Crippen LogP contribution in [0.2, 0.25) is 0 Å². The topological polar surface area (TPSA) is 56.7 Å². The highest BCUT2D eigenvalue weighted by Gasteiger charge is 2.40. The van der Waals surface area contributed by atoms with Gasteiger partial charge in [-0.25, -0.2) is 4.68 Å². The Bertz CT molecular complexity index is 1480. The summed E-state index contributed by atoms with van der Waals surface area (Å²) in [5.74, 6) is 0. The number of aromatic nitrogens is 3. The number of rotatable bonds is 5. The Morgan fingerprint density at radius 2 is 1.11 bits per heavy atom. The normalized spacial score (nSPS) is 11.5. The molecule has 0 fully saturated rings. The van der Waals surface area contributed by atoms with Crippen molar-refractivity contribution in [2.45, 2.75) is 5.54 Å². The van der Waals surface area contributed by atoms with Crippen LogP contribution in [0.1, 0.15) is 16.7 Å². The standard InChI is InChI=1S/C31H24N4/c32-27-16-17-28-29(22-27)35(34-30(28)23-18-20-33-21-19-23)31(24-10-4-1-5-11-24,25-12-6-2-7-13-25)26-14-8-3-9-15-26/h1-22H,32H2. The fourth-order valence-corrected chi connectivity index (χ4v) is 5.02. The molecule has 2 heterocycles. The highest BCUT2D eigenvalue weighted by Crippen LogP contribution is 2.44. The molecule has 0 aliphatic heterocycles. The molecule has 0 amide bonds. The Labute approximate surface area is 204 Å². The first-order valence-electron chi connectivity index (χ1n) is 11.6. The third kappa shape index (κ3) is 3.39. The van der Waals surface area contributed by atoms with E-state index < -0.39 is 5.54 Å². The summed E-state index contributed by atoms with van der Waals surface area (Å²) in [4.78, 5) is 4.21. The van der Waals surface area contributed by atoms with Crippen molar-refractivity contribution in [2.24, 2.45) is 0 Å². The van der Waals surface area contributed by atoms with Gasteiger partial charge in [0.25, 0.3) is 0 Å². The van der Waals surface area contributed by atoms with Crippen molar-refractivity contribution < 1.29 is 0 Å². The van der Waals surface area contributed by atoms with Crippen molar-refractivity contribution in [3.05, 3.63) is 150 Å². The summed E-state index contributed by atoms with van der Waals surface area (Å²) in [6.45, 7) is 0. The number of nitrogen functional groups attached to an aromatic ring is 1. The minimum absolute atomic E-state index is 0.697. The number of nitrogens with two attached hydrogens (primary N) is 1. The van der Waals surface area contributed by atoms with Gasteiger partial charge in [-0.1, -0.05) is 91.0 Å². The quantitative estimate of drug-likeness (QED) is 0.239. The van der Waals surface area contributed by atoms with Crippen molar-refractivity contribution >= 4 is 16.6 Å². The molecule has 0 aliphatic carbocycles. The number of hydrogen-bond donors (Lipinski definition) is 1. The molecular weight excluding hydrogens is 428 g/mol. The van der Waals surface area contributed by atoms with Gasteiger partial charge in [0.15, 0.2) is 0 Å². The van der Waals surface area contributed by atoms with Crippen LogP contribution in [0.4, 0.5) is 5.69 Å². The smallest absolute Gasteiger partial charge is 0.138 e. The lowest BCUT2D eigenvalue weighted by molar-refractivity contribution is 0.477. The Kier molecular flexibility index (Phi) is 5.12. The van der Waals surface area contributed by atoms with Gasteiger partial charge in [-0.3, -0.25) is 4.98 Å². The van der Waals surface area contributed by atoms with E-state index in [9.17, 15) is 0 Å². The van der Waals surface area contributed by atoms with E-state index in [-0.39, 0.29) is 0 Å². The summed E-state index contributed by atoms with van der Waals surface area (Å²) in [7, 11) is 0. The van der Waals surface area contributed by atoms with Crippen molar-refractivity contribution in [3.63, 3.8) is 0 Å². The molecule has 0 bridgehead atoms. The molecule has 2 N–H and O–H groups in total. The molecule has 4 nitrogen and oxygen atoms in total. The van der Waals surface area contributed by atoms with Gasteiger partial charge in [-0.15, -0.1) is 0 Å². The molecule has 0 atom stereocenters. The lowest BCUT2D eigenvalue weighted by Crippen LogP contribution is -2.38. The molecule has 0 aliphatic rings. The number of hydrogen-bond acceptors (Lipinski definition) is 3. The number of benzene rings is 4. The second-order valence-electron chi connectivity index (χ2n) is 8.58. The van der Waals surface area contributed by atoms with E-state index in [1.807, 2.05) is 42.5 Å². The van der Waals surface area contributed by atoms with Crippen LogP contribution in [0.5, 0.6) is 0 Å². The van der Waals surface area contributed by atoms with Gasteiger partial charge < -0.3 is 5.73 Å². The van der Waals surface area contributed by atoms with Crippen molar-refractivity contribution in [2.75, 3.05) is 5.73 Å². The summed E-state index contributed by atoms with van der Waals surface area (Å²) in [5, 5.41) is 6.38. The molecule has 6 rings (SSSR count). The molecule has 0 saturated carbocycles. The monoisotopic (exact) mass is 452 g/mol. The minimum atomic E-state index is -0.721. The average Bonchev–Trinajstić information content (AvgIpc) is 3.30. The predicted octanol–water partition coefficient (Wildman–Crippen LogP) is 6.52. The SMILES string of the molecule is Nc1ccc2c(-c3ccncc3)nn(C(c3ccccc3)(c3ccccc3)c3ccccc3)c2c1. The van der Waals surface area contributed by atoms with Crippen LogP contribution < -0.4 is 5.73 Å². The molecule has 6 aromatic rings. The van der Waals surface area contributed by atoms with Crippen LogP contribution in [0.15, 0.2) is 134 Å².